The molecule has 0 saturated heterocycles. The molecule has 7 nitrogen and oxygen atoms in total. The van der Waals surface area contributed by atoms with Gasteiger partial charge in [0, 0.05) is 22.8 Å². The van der Waals surface area contributed by atoms with Crippen molar-refractivity contribution in [1.82, 2.24) is 9.13 Å². The Morgan fingerprint density at radius 2 is 1.75 bits per heavy atom. The Hall–Kier alpha value is -4.37. The molecule has 0 aliphatic carbocycles. The van der Waals surface area contributed by atoms with Crippen LogP contribution in [0.3, 0.4) is 0 Å². The first-order chi connectivity index (χ1) is 21.2. The van der Waals surface area contributed by atoms with Crippen molar-refractivity contribution < 1.29 is 9.53 Å². The first kappa shape index (κ1) is 29.7. The molecule has 1 amide bonds. The Balaban J connectivity index is 1.50. The van der Waals surface area contributed by atoms with Crippen molar-refractivity contribution in [2.75, 3.05) is 12.4 Å². The number of hydrogen-bond acceptors (Lipinski definition) is 5. The zero-order valence-corrected chi connectivity index (χ0v) is 26.7. The highest BCUT2D eigenvalue weighted by molar-refractivity contribution is 7.07. The number of nitrogens with zero attached hydrogens (tertiary/aromatic N) is 3. The number of amides is 1. The largest absolute Gasteiger partial charge is 0.497 e. The lowest BCUT2D eigenvalue weighted by Gasteiger charge is -2.25. The minimum absolute atomic E-state index is 0.238. The summed E-state index contributed by atoms with van der Waals surface area (Å²) in [5.41, 5.74) is 5.75. The van der Waals surface area contributed by atoms with Crippen LogP contribution in [0, 0.1) is 13.8 Å². The number of nitrogens with one attached hydrogen (secondary N) is 1. The molecule has 1 aliphatic rings. The van der Waals surface area contributed by atoms with Crippen molar-refractivity contribution in [2.24, 2.45) is 4.99 Å². The van der Waals surface area contributed by atoms with Crippen LogP contribution in [0.5, 0.6) is 5.75 Å². The van der Waals surface area contributed by atoms with Gasteiger partial charge >= 0.3 is 0 Å². The van der Waals surface area contributed by atoms with E-state index in [0.29, 0.717) is 42.1 Å². The third-order valence-corrected chi connectivity index (χ3v) is 9.35. The average Bonchev–Trinajstić information content (AvgIpc) is 3.47. The van der Waals surface area contributed by atoms with Crippen LogP contribution in [0.25, 0.3) is 11.8 Å². The fourth-order valence-electron chi connectivity index (χ4n) is 5.56. The van der Waals surface area contributed by atoms with Crippen molar-refractivity contribution in [2.45, 2.75) is 26.8 Å². The van der Waals surface area contributed by atoms with Crippen molar-refractivity contribution in [3.8, 4) is 11.4 Å². The number of thiazole rings is 1. The van der Waals surface area contributed by atoms with E-state index >= 15 is 0 Å². The summed E-state index contributed by atoms with van der Waals surface area (Å²) < 4.78 is 9.67. The Morgan fingerprint density at radius 3 is 2.48 bits per heavy atom. The fourth-order valence-corrected chi connectivity index (χ4v) is 6.88. The van der Waals surface area contributed by atoms with Gasteiger partial charge < -0.3 is 14.6 Å². The number of aromatic nitrogens is 2. The highest BCUT2D eigenvalue weighted by Crippen LogP contribution is 2.33. The molecule has 0 fully saturated rings. The van der Waals surface area contributed by atoms with Gasteiger partial charge in [0.15, 0.2) is 4.80 Å². The number of aryl methyl sites for hydroxylation is 1. The molecule has 3 aromatic carbocycles. The van der Waals surface area contributed by atoms with Gasteiger partial charge in [0.25, 0.3) is 11.5 Å². The Labute approximate surface area is 268 Å². The lowest BCUT2D eigenvalue weighted by Crippen LogP contribution is -2.40. The maximum Gasteiger partial charge on any atom is 0.271 e. The summed E-state index contributed by atoms with van der Waals surface area (Å²) in [7, 11) is 1.59. The molecule has 0 saturated carbocycles. The number of rotatable bonds is 6. The quantitative estimate of drug-likeness (QED) is 0.227. The van der Waals surface area contributed by atoms with Gasteiger partial charge in [0.1, 0.15) is 5.75 Å². The second kappa shape index (κ2) is 12.0. The van der Waals surface area contributed by atoms with Crippen LogP contribution >= 0.6 is 34.5 Å². The zero-order valence-electron chi connectivity index (χ0n) is 24.4. The molecule has 0 unspecified atom stereocenters. The average molecular weight is 644 g/mol. The Kier molecular flexibility index (Phi) is 8.07. The van der Waals surface area contributed by atoms with Gasteiger partial charge in [-0.2, -0.15) is 0 Å². The topological polar surface area (TPSA) is 77.6 Å². The monoisotopic (exact) mass is 642 g/mol. The Morgan fingerprint density at radius 1 is 0.977 bits per heavy atom. The van der Waals surface area contributed by atoms with Crippen LogP contribution in [0.4, 0.5) is 5.69 Å². The predicted molar refractivity (Wildman–Crippen MR) is 177 cm³/mol. The van der Waals surface area contributed by atoms with Gasteiger partial charge in [-0.05, 0) is 86.5 Å². The summed E-state index contributed by atoms with van der Waals surface area (Å²) >= 11 is 13.8. The smallest absolute Gasteiger partial charge is 0.271 e. The lowest BCUT2D eigenvalue weighted by atomic mass is 9.95. The second-order valence-corrected chi connectivity index (χ2v) is 12.3. The summed E-state index contributed by atoms with van der Waals surface area (Å²) in [5, 5.41) is 3.93. The Bertz CT molecular complexity index is 2150. The molecule has 3 heterocycles. The predicted octanol–water partition coefficient (Wildman–Crippen LogP) is 6.60. The molecule has 2 aromatic heterocycles. The molecule has 0 radical (unpaired) electrons. The summed E-state index contributed by atoms with van der Waals surface area (Å²) in [6.07, 6.45) is 1.88. The number of benzene rings is 3. The van der Waals surface area contributed by atoms with Crippen LogP contribution in [0.1, 0.15) is 35.5 Å². The molecule has 10 heteroatoms. The fraction of sp³-hybridized carbons (Fsp3) is 0.147. The van der Waals surface area contributed by atoms with E-state index in [1.54, 1.807) is 24.7 Å². The lowest BCUT2D eigenvalue weighted by molar-refractivity contribution is -0.113. The molecule has 6 rings (SSSR count). The summed E-state index contributed by atoms with van der Waals surface area (Å²) in [6.45, 7) is 5.79. The van der Waals surface area contributed by atoms with Gasteiger partial charge in [-0.15, -0.1) is 0 Å². The number of para-hydroxylation sites is 1. The van der Waals surface area contributed by atoms with E-state index in [2.05, 4.69) is 9.88 Å². The molecule has 0 spiro atoms. The number of halogens is 2. The number of ether oxygens (including phenoxy) is 1. The summed E-state index contributed by atoms with van der Waals surface area (Å²) in [4.78, 5) is 33.3. The van der Waals surface area contributed by atoms with E-state index in [1.807, 2.05) is 92.7 Å². The molecule has 222 valence electrons. The van der Waals surface area contributed by atoms with Crippen LogP contribution < -0.4 is 24.9 Å². The molecule has 1 aliphatic heterocycles. The van der Waals surface area contributed by atoms with Crippen LogP contribution in [0.15, 0.2) is 99.9 Å². The summed E-state index contributed by atoms with van der Waals surface area (Å²) in [6, 6.07) is 23.4. The van der Waals surface area contributed by atoms with E-state index in [4.69, 9.17) is 32.9 Å². The number of methoxy groups -OCH3 is 1. The molecular weight excluding hydrogens is 615 g/mol. The van der Waals surface area contributed by atoms with Crippen LogP contribution in [0.2, 0.25) is 10.0 Å². The second-order valence-electron chi connectivity index (χ2n) is 10.4. The number of allylic oxidation sites excluding steroid dienone is 1. The number of anilines is 1. The van der Waals surface area contributed by atoms with Crippen molar-refractivity contribution in [3.63, 3.8) is 0 Å². The van der Waals surface area contributed by atoms with E-state index in [0.717, 1.165) is 28.2 Å². The van der Waals surface area contributed by atoms with Gasteiger partial charge in [0.05, 0.1) is 39.0 Å². The third-order valence-electron chi connectivity index (χ3n) is 7.63. The molecule has 44 heavy (non-hydrogen) atoms. The number of hydrogen-bond donors (Lipinski definition) is 1. The number of carbonyl (C=O) groups is 1. The SMILES string of the molecule is COc1cccc([C@@H]2C(C(=O)Nc3ccccc3)=C(C)N=c3s/c(=C\c4cc(C)n(-c5ccc(Cl)c(Cl)c5)c4C)c(=O)n32)c1. The maximum absolute atomic E-state index is 14.2. The van der Waals surface area contributed by atoms with Crippen molar-refractivity contribution in [1.29, 1.82) is 0 Å². The first-order valence-electron chi connectivity index (χ1n) is 13.8. The van der Waals surface area contributed by atoms with Gasteiger partial charge in [0.2, 0.25) is 0 Å². The highest BCUT2D eigenvalue weighted by atomic mass is 35.5. The third kappa shape index (κ3) is 5.41. The number of carbonyl (C=O) groups excluding carboxylic acids is 1. The van der Waals surface area contributed by atoms with Crippen LogP contribution in [-0.2, 0) is 4.79 Å². The first-order valence-corrected chi connectivity index (χ1v) is 15.4. The van der Waals surface area contributed by atoms with Crippen molar-refractivity contribution in [3.05, 3.63) is 142 Å². The number of fused-ring (bicyclic) bond motifs is 1. The molecule has 5 aromatic rings. The molecule has 1 atom stereocenters. The molecular formula is C34H28Cl2N4O3S. The minimum atomic E-state index is -0.712. The zero-order chi connectivity index (χ0) is 31.1. The van der Waals surface area contributed by atoms with Crippen LogP contribution in [-0.4, -0.2) is 22.2 Å². The maximum atomic E-state index is 14.2. The van der Waals surface area contributed by atoms with Gasteiger partial charge in [-0.3, -0.25) is 14.2 Å². The normalized spacial score (nSPS) is 14.8. The molecule has 0 bridgehead atoms. The van der Waals surface area contributed by atoms with E-state index in [1.165, 1.54) is 11.3 Å². The van der Waals surface area contributed by atoms with E-state index < -0.39 is 6.04 Å². The summed E-state index contributed by atoms with van der Waals surface area (Å²) in [5.74, 6) is 0.293. The van der Waals surface area contributed by atoms with Crippen molar-refractivity contribution >= 4 is 52.2 Å². The van der Waals surface area contributed by atoms with Gasteiger partial charge in [-0.1, -0.05) is 64.9 Å². The standard InChI is InChI=1S/C34H28Cl2N4O3S/c1-19-15-23(21(3)39(19)25-13-14-27(35)28(36)18-25)17-29-33(42)40-31(22-9-8-12-26(16-22)43-4)30(20(2)37-34(40)44-29)32(41)38-24-10-6-5-7-11-24/h5-18,31H,1-4H3,(H,38,41)/b29-17-/t31-/m1/s1. The van der Waals surface area contributed by atoms with E-state index in [9.17, 15) is 9.59 Å². The van der Waals surface area contributed by atoms with Gasteiger partial charge in [-0.25, -0.2) is 4.99 Å². The van der Waals surface area contributed by atoms with E-state index in [-0.39, 0.29) is 11.5 Å². The molecule has 1 N–H and O–H groups in total. The minimum Gasteiger partial charge on any atom is -0.497 e. The highest BCUT2D eigenvalue weighted by Gasteiger charge is 2.33.